The second kappa shape index (κ2) is 10.1. The zero-order valence-corrected chi connectivity index (χ0v) is 17.6. The van der Waals surface area contributed by atoms with E-state index in [1.54, 1.807) is 32.4 Å². The molecule has 1 aliphatic rings. The molecule has 0 aromatic heterocycles. The summed E-state index contributed by atoms with van der Waals surface area (Å²) < 4.78 is 29.5. The first-order chi connectivity index (χ1) is 14.5. The normalized spacial score (nSPS) is 14.7. The van der Waals surface area contributed by atoms with Crippen molar-refractivity contribution >= 4 is 12.0 Å². The lowest BCUT2D eigenvalue weighted by Gasteiger charge is -2.34. The number of benzene rings is 2. The molecule has 0 unspecified atom stereocenters. The van der Waals surface area contributed by atoms with Crippen LogP contribution >= 0.6 is 0 Å². The number of carbonyl (C=O) groups excluding carboxylic acids is 1. The zero-order chi connectivity index (χ0) is 21.5. The summed E-state index contributed by atoms with van der Waals surface area (Å²) in [6, 6.07) is 10.5. The number of piperazine rings is 1. The molecule has 6 nitrogen and oxygen atoms in total. The Hall–Kier alpha value is -3.06. The van der Waals surface area contributed by atoms with Gasteiger partial charge in [0.15, 0.2) is 23.1 Å². The zero-order valence-electron chi connectivity index (χ0n) is 17.6. The van der Waals surface area contributed by atoms with Crippen LogP contribution in [0.1, 0.15) is 11.1 Å². The minimum absolute atomic E-state index is 0.0463. The monoisotopic (exact) mass is 414 g/mol. The first-order valence-electron chi connectivity index (χ1n) is 9.78. The van der Waals surface area contributed by atoms with Gasteiger partial charge < -0.3 is 19.1 Å². The quantitative estimate of drug-likeness (QED) is 0.652. The second-order valence-corrected chi connectivity index (χ2v) is 6.99. The average Bonchev–Trinajstić information content (AvgIpc) is 2.77. The van der Waals surface area contributed by atoms with E-state index in [2.05, 4.69) is 4.90 Å². The predicted octanol–water partition coefficient (Wildman–Crippen LogP) is 3.21. The maximum absolute atomic E-state index is 13.9. The number of para-hydroxylation sites is 1. The summed E-state index contributed by atoms with van der Waals surface area (Å²) in [5, 5.41) is 0. The lowest BCUT2D eigenvalue weighted by molar-refractivity contribution is -0.127. The average molecular weight is 414 g/mol. The maximum Gasteiger partial charge on any atom is 0.246 e. The van der Waals surface area contributed by atoms with Crippen molar-refractivity contribution < 1.29 is 23.4 Å². The Morgan fingerprint density at radius 2 is 1.73 bits per heavy atom. The van der Waals surface area contributed by atoms with Gasteiger partial charge in [-0.3, -0.25) is 9.69 Å². The number of rotatable bonds is 7. The summed E-state index contributed by atoms with van der Waals surface area (Å²) in [5.74, 6) is 1.06. The Labute approximate surface area is 176 Å². The third-order valence-electron chi connectivity index (χ3n) is 5.15. The van der Waals surface area contributed by atoms with Crippen molar-refractivity contribution in [3.05, 3.63) is 59.4 Å². The molecule has 1 fully saturated rings. The van der Waals surface area contributed by atoms with Gasteiger partial charge in [0.25, 0.3) is 0 Å². The maximum atomic E-state index is 13.9. The summed E-state index contributed by atoms with van der Waals surface area (Å²) in [4.78, 5) is 16.6. The van der Waals surface area contributed by atoms with Gasteiger partial charge in [-0.15, -0.1) is 0 Å². The van der Waals surface area contributed by atoms with E-state index in [0.29, 0.717) is 31.1 Å². The number of halogens is 1. The number of nitrogens with zero attached hydrogens (tertiary/aromatic N) is 2. The first kappa shape index (κ1) is 21.6. The number of hydrogen-bond donors (Lipinski definition) is 0. The van der Waals surface area contributed by atoms with Gasteiger partial charge in [0, 0.05) is 44.4 Å². The highest BCUT2D eigenvalue weighted by molar-refractivity contribution is 5.92. The molecule has 160 valence electrons. The third-order valence-corrected chi connectivity index (χ3v) is 5.15. The third kappa shape index (κ3) is 5.10. The van der Waals surface area contributed by atoms with Crippen LogP contribution in [0, 0.1) is 5.82 Å². The minimum atomic E-state index is -0.359. The molecule has 2 aromatic rings. The van der Waals surface area contributed by atoms with Crippen LogP contribution in [0.25, 0.3) is 6.08 Å². The molecule has 1 heterocycles. The van der Waals surface area contributed by atoms with Crippen molar-refractivity contribution in [3.8, 4) is 17.2 Å². The predicted molar refractivity (Wildman–Crippen MR) is 113 cm³/mol. The van der Waals surface area contributed by atoms with Crippen molar-refractivity contribution in [2.45, 2.75) is 6.54 Å². The van der Waals surface area contributed by atoms with Gasteiger partial charge in [-0.25, -0.2) is 4.39 Å². The van der Waals surface area contributed by atoms with Gasteiger partial charge in [0.2, 0.25) is 5.91 Å². The van der Waals surface area contributed by atoms with Crippen LogP contribution in [0.2, 0.25) is 0 Å². The van der Waals surface area contributed by atoms with Crippen molar-refractivity contribution in [1.29, 1.82) is 0 Å². The van der Waals surface area contributed by atoms with E-state index in [1.165, 1.54) is 13.2 Å². The molecule has 1 saturated heterocycles. The van der Waals surface area contributed by atoms with E-state index in [4.69, 9.17) is 14.2 Å². The van der Waals surface area contributed by atoms with Gasteiger partial charge >= 0.3 is 0 Å². The fourth-order valence-electron chi connectivity index (χ4n) is 3.50. The molecule has 1 aliphatic heterocycles. The molecule has 1 amide bonds. The van der Waals surface area contributed by atoms with Crippen LogP contribution in [0.5, 0.6) is 17.2 Å². The van der Waals surface area contributed by atoms with Gasteiger partial charge in [-0.05, 0) is 29.8 Å². The molecule has 3 rings (SSSR count). The van der Waals surface area contributed by atoms with Crippen molar-refractivity contribution in [2.24, 2.45) is 0 Å². The standard InChI is InChI=1S/C23H27FN2O4/c1-28-20-9-7-17(15-19(20)24)16-25-11-13-26(14-12-25)22(27)10-8-18-5-4-6-21(29-2)23(18)30-3/h4-10,15H,11-14,16H2,1-3H3/b10-8+. The van der Waals surface area contributed by atoms with Crippen LogP contribution in [0.3, 0.4) is 0 Å². The van der Waals surface area contributed by atoms with Gasteiger partial charge in [-0.1, -0.05) is 18.2 Å². The van der Waals surface area contributed by atoms with Crippen LogP contribution in [-0.4, -0.2) is 63.2 Å². The largest absolute Gasteiger partial charge is 0.494 e. The molecule has 0 spiro atoms. The second-order valence-electron chi connectivity index (χ2n) is 6.99. The van der Waals surface area contributed by atoms with Crippen LogP contribution in [-0.2, 0) is 11.3 Å². The number of hydrogen-bond acceptors (Lipinski definition) is 5. The lowest BCUT2D eigenvalue weighted by atomic mass is 10.1. The lowest BCUT2D eigenvalue weighted by Crippen LogP contribution is -2.47. The molecule has 7 heteroatoms. The number of methoxy groups -OCH3 is 3. The summed E-state index contributed by atoms with van der Waals surface area (Å²) in [6.07, 6.45) is 3.31. The summed E-state index contributed by atoms with van der Waals surface area (Å²) in [5.41, 5.74) is 1.67. The Kier molecular flexibility index (Phi) is 7.30. The smallest absolute Gasteiger partial charge is 0.246 e. The Morgan fingerprint density at radius 3 is 2.37 bits per heavy atom. The van der Waals surface area contributed by atoms with Crippen LogP contribution in [0.15, 0.2) is 42.5 Å². The SMILES string of the molecule is COc1ccc(CN2CCN(C(=O)/C=C/c3cccc(OC)c3OC)CC2)cc1F. The summed E-state index contributed by atoms with van der Waals surface area (Å²) in [6.45, 7) is 3.35. The fraction of sp³-hybridized carbons (Fsp3) is 0.348. The number of carbonyl (C=O) groups is 1. The molecule has 0 radical (unpaired) electrons. The molecular formula is C23H27FN2O4. The van der Waals surface area contributed by atoms with Crippen molar-refractivity contribution in [2.75, 3.05) is 47.5 Å². The molecule has 0 aliphatic carbocycles. The van der Waals surface area contributed by atoms with E-state index in [1.807, 2.05) is 29.2 Å². The van der Waals surface area contributed by atoms with E-state index in [0.717, 1.165) is 24.2 Å². The molecule has 0 bridgehead atoms. The molecular weight excluding hydrogens is 387 g/mol. The molecule has 2 aromatic carbocycles. The fourth-order valence-corrected chi connectivity index (χ4v) is 3.50. The van der Waals surface area contributed by atoms with E-state index in [-0.39, 0.29) is 17.5 Å². The number of ether oxygens (including phenoxy) is 3. The number of amides is 1. The van der Waals surface area contributed by atoms with Crippen LogP contribution < -0.4 is 14.2 Å². The Bertz CT molecular complexity index is 908. The molecule has 30 heavy (non-hydrogen) atoms. The van der Waals surface area contributed by atoms with Crippen molar-refractivity contribution in [3.63, 3.8) is 0 Å². The molecule has 0 atom stereocenters. The topological polar surface area (TPSA) is 51.2 Å². The minimum Gasteiger partial charge on any atom is -0.494 e. The summed E-state index contributed by atoms with van der Waals surface area (Å²) in [7, 11) is 4.61. The van der Waals surface area contributed by atoms with Crippen LogP contribution in [0.4, 0.5) is 4.39 Å². The van der Waals surface area contributed by atoms with E-state index in [9.17, 15) is 9.18 Å². The van der Waals surface area contributed by atoms with Gasteiger partial charge in [0.1, 0.15) is 0 Å². The first-order valence-corrected chi connectivity index (χ1v) is 9.78. The highest BCUT2D eigenvalue weighted by Crippen LogP contribution is 2.31. The van der Waals surface area contributed by atoms with Gasteiger partial charge in [-0.2, -0.15) is 0 Å². The van der Waals surface area contributed by atoms with E-state index >= 15 is 0 Å². The van der Waals surface area contributed by atoms with Crippen molar-refractivity contribution in [1.82, 2.24) is 9.80 Å². The Balaban J connectivity index is 1.55. The highest BCUT2D eigenvalue weighted by Gasteiger charge is 2.20. The molecule has 0 saturated carbocycles. The van der Waals surface area contributed by atoms with E-state index < -0.39 is 0 Å². The molecule has 0 N–H and O–H groups in total. The van der Waals surface area contributed by atoms with Gasteiger partial charge in [0.05, 0.1) is 21.3 Å². The highest BCUT2D eigenvalue weighted by atomic mass is 19.1. The summed E-state index contributed by atoms with van der Waals surface area (Å²) >= 11 is 0. The Morgan fingerprint density at radius 1 is 1.00 bits per heavy atom.